The van der Waals surface area contributed by atoms with Gasteiger partial charge in [-0.15, -0.1) is 0 Å². The van der Waals surface area contributed by atoms with E-state index in [4.69, 9.17) is 4.74 Å². The smallest absolute Gasteiger partial charge is 0.146 e. The minimum absolute atomic E-state index is 0.0115. The molecule has 0 amide bonds. The van der Waals surface area contributed by atoms with Crippen LogP contribution in [0.25, 0.3) is 11.1 Å². The van der Waals surface area contributed by atoms with Crippen molar-refractivity contribution in [3.8, 4) is 11.1 Å². The zero-order chi connectivity index (χ0) is 16.9. The summed E-state index contributed by atoms with van der Waals surface area (Å²) in [6.45, 7) is 2.18. The number of aliphatic imine (C=N–C) groups is 1. The molecule has 4 nitrogen and oxygen atoms in total. The minimum Gasteiger partial charge on any atom is -0.599 e. The molecule has 3 rings (SSSR count). The summed E-state index contributed by atoms with van der Waals surface area (Å²) in [6, 6.07) is 15.7. The Hall–Kier alpha value is -2.62. The Bertz CT molecular complexity index is 709. The van der Waals surface area contributed by atoms with Crippen LogP contribution in [0.1, 0.15) is 36.8 Å². The molecule has 0 saturated carbocycles. The quantitative estimate of drug-likeness (QED) is 0.467. The minimum atomic E-state index is -0.664. The van der Waals surface area contributed by atoms with Gasteiger partial charge in [-0.05, 0) is 28.7 Å². The zero-order valence-corrected chi connectivity index (χ0v) is 13.6. The van der Waals surface area contributed by atoms with Crippen LogP contribution in [0.2, 0.25) is 0 Å². The number of aldehydes is 1. The molecule has 0 unspecified atom stereocenters. The fraction of sp³-hybridized carbons (Fsp3) is 0.300. The van der Waals surface area contributed by atoms with Gasteiger partial charge in [0.2, 0.25) is 0 Å². The van der Waals surface area contributed by atoms with Gasteiger partial charge in [-0.2, -0.15) is 0 Å². The Morgan fingerprint density at radius 2 is 1.75 bits per heavy atom. The maximum atomic E-state index is 11.9. The molecule has 0 saturated heterocycles. The van der Waals surface area contributed by atoms with Crippen molar-refractivity contribution in [3.05, 3.63) is 59.7 Å². The predicted octanol–water partition coefficient (Wildman–Crippen LogP) is 2.90. The first kappa shape index (κ1) is 16.2. The van der Waals surface area contributed by atoms with Crippen molar-refractivity contribution in [3.63, 3.8) is 0 Å². The number of hydrogen-bond donors (Lipinski definition) is 0. The third-order valence-electron chi connectivity index (χ3n) is 4.35. The summed E-state index contributed by atoms with van der Waals surface area (Å²) in [4.78, 5) is 14.7. The summed E-state index contributed by atoms with van der Waals surface area (Å²) in [5.41, 5.74) is 4.68. The van der Waals surface area contributed by atoms with Crippen LogP contribution in [0.15, 0.2) is 53.5 Å². The van der Waals surface area contributed by atoms with E-state index in [2.05, 4.69) is 29.3 Å². The highest BCUT2D eigenvalue weighted by molar-refractivity contribution is 5.79. The number of carbonyl (C=O) groups excluding carboxylic acids is 1. The second-order valence-corrected chi connectivity index (χ2v) is 5.93. The molecule has 1 aliphatic rings. The summed E-state index contributed by atoms with van der Waals surface area (Å²) in [5.74, 6) is 0.0115. The molecular weight excluding hydrogens is 302 g/mol. The Labute approximate surface area is 141 Å². The average Bonchev–Trinajstić information content (AvgIpc) is 2.93. The van der Waals surface area contributed by atoms with Crippen molar-refractivity contribution in [2.45, 2.75) is 31.7 Å². The van der Waals surface area contributed by atoms with E-state index < -0.39 is 12.1 Å². The Morgan fingerprint density at radius 1 is 1.17 bits per heavy atom. The van der Waals surface area contributed by atoms with Crippen molar-refractivity contribution in [1.29, 1.82) is 0 Å². The lowest BCUT2D eigenvalue weighted by molar-refractivity contribution is -0.251. The molecule has 2 aromatic rings. The largest absolute Gasteiger partial charge is 0.599 e. The first-order chi connectivity index (χ1) is 11.7. The van der Waals surface area contributed by atoms with Crippen LogP contribution in [0.4, 0.5) is 0 Å². The van der Waals surface area contributed by atoms with Gasteiger partial charge in [0.15, 0.2) is 0 Å². The number of hydrogen-bond acceptors (Lipinski definition) is 4. The highest BCUT2D eigenvalue weighted by atomic mass is 16.6. The summed E-state index contributed by atoms with van der Waals surface area (Å²) < 4.78 is 5.35. The van der Waals surface area contributed by atoms with Gasteiger partial charge in [0, 0.05) is 12.5 Å². The molecule has 1 aliphatic carbocycles. The highest BCUT2D eigenvalue weighted by Gasteiger charge is 2.26. The van der Waals surface area contributed by atoms with Crippen LogP contribution in [-0.4, -0.2) is 25.0 Å². The van der Waals surface area contributed by atoms with Crippen LogP contribution in [0, 0.1) is 0 Å². The lowest BCUT2D eigenvalue weighted by atomic mass is 9.98. The van der Waals surface area contributed by atoms with Crippen LogP contribution in [0.3, 0.4) is 0 Å². The Morgan fingerprint density at radius 3 is 2.29 bits per heavy atom. The van der Waals surface area contributed by atoms with E-state index in [1.807, 2.05) is 31.2 Å². The fourth-order valence-electron chi connectivity index (χ4n) is 3.23. The molecule has 0 fully saturated rings. The Balaban J connectivity index is 1.78. The summed E-state index contributed by atoms with van der Waals surface area (Å²) in [7, 11) is 0. The van der Waals surface area contributed by atoms with Gasteiger partial charge in [0.1, 0.15) is 18.4 Å². The van der Waals surface area contributed by atoms with E-state index >= 15 is 0 Å². The summed E-state index contributed by atoms with van der Waals surface area (Å²) in [6.07, 6.45) is 1.39. The van der Waals surface area contributed by atoms with Gasteiger partial charge >= 0.3 is 0 Å². The molecule has 0 bridgehead atoms. The van der Waals surface area contributed by atoms with E-state index in [0.717, 1.165) is 17.5 Å². The topological polar surface area (TPSA) is 61.7 Å². The standard InChI is InChI=1S/C20H21NO3/c1-2-7-14(12-22)21-20(23)24-13-19-17-10-5-3-8-15(17)16-9-4-6-11-18(16)19/h3-6,8-12,14,19H,2,7,13H2,1H3,(H,21,23)/p-1/t14-/m0/s1. The number of rotatable bonds is 6. The van der Waals surface area contributed by atoms with Gasteiger partial charge in [-0.1, -0.05) is 61.9 Å². The number of carbonyl (C=O) groups is 1. The molecule has 0 N–H and O–H groups in total. The van der Waals surface area contributed by atoms with Crippen molar-refractivity contribution in [2.75, 3.05) is 6.61 Å². The van der Waals surface area contributed by atoms with E-state index in [1.54, 1.807) is 0 Å². The first-order valence-corrected chi connectivity index (χ1v) is 8.25. The number of nitrogens with zero attached hydrogens (tertiary/aromatic N) is 1. The van der Waals surface area contributed by atoms with Gasteiger partial charge in [-0.3, -0.25) is 4.99 Å². The molecule has 1 atom stereocenters. The van der Waals surface area contributed by atoms with E-state index in [1.165, 1.54) is 11.1 Å². The van der Waals surface area contributed by atoms with Crippen LogP contribution in [-0.2, 0) is 9.53 Å². The van der Waals surface area contributed by atoms with Crippen molar-refractivity contribution in [1.82, 2.24) is 0 Å². The zero-order valence-electron chi connectivity index (χ0n) is 13.6. The molecule has 24 heavy (non-hydrogen) atoms. The summed E-state index contributed by atoms with van der Waals surface area (Å²) in [5, 5.41) is 11.9. The monoisotopic (exact) mass is 322 g/mol. The molecule has 2 aromatic carbocycles. The second-order valence-electron chi connectivity index (χ2n) is 5.93. The molecule has 0 aliphatic heterocycles. The predicted molar refractivity (Wildman–Crippen MR) is 91.9 cm³/mol. The molecular formula is C20H20NO3-. The molecule has 0 spiro atoms. The fourth-order valence-corrected chi connectivity index (χ4v) is 3.23. The number of benzene rings is 2. The maximum Gasteiger partial charge on any atom is 0.146 e. The van der Waals surface area contributed by atoms with E-state index in [9.17, 15) is 9.90 Å². The SMILES string of the molecule is CCC[C@@H](C=O)N=C([O-])OCC1c2ccccc2-c2ccccc21. The molecule has 0 heterocycles. The second kappa shape index (κ2) is 7.30. The third kappa shape index (κ3) is 3.18. The lowest BCUT2D eigenvalue weighted by Gasteiger charge is -2.21. The molecule has 0 aromatic heterocycles. The third-order valence-corrected chi connectivity index (χ3v) is 4.35. The van der Waals surface area contributed by atoms with Crippen molar-refractivity contribution >= 4 is 12.4 Å². The van der Waals surface area contributed by atoms with Crippen LogP contribution < -0.4 is 5.11 Å². The van der Waals surface area contributed by atoms with E-state index in [0.29, 0.717) is 12.7 Å². The van der Waals surface area contributed by atoms with E-state index in [-0.39, 0.29) is 12.5 Å². The van der Waals surface area contributed by atoms with Gasteiger partial charge in [-0.25, -0.2) is 0 Å². The summed E-state index contributed by atoms with van der Waals surface area (Å²) >= 11 is 0. The molecule has 0 radical (unpaired) electrons. The normalized spacial score (nSPS) is 14.8. The highest BCUT2D eigenvalue weighted by Crippen LogP contribution is 2.44. The Kier molecular flexibility index (Phi) is 4.94. The first-order valence-electron chi connectivity index (χ1n) is 8.25. The van der Waals surface area contributed by atoms with Crippen molar-refractivity contribution in [2.24, 2.45) is 4.99 Å². The lowest BCUT2D eigenvalue weighted by Crippen LogP contribution is -2.26. The van der Waals surface area contributed by atoms with Crippen LogP contribution >= 0.6 is 0 Å². The van der Waals surface area contributed by atoms with Crippen molar-refractivity contribution < 1.29 is 14.6 Å². The van der Waals surface area contributed by atoms with Gasteiger partial charge in [0.25, 0.3) is 0 Å². The molecule has 124 valence electrons. The van der Waals surface area contributed by atoms with Crippen LogP contribution in [0.5, 0.6) is 0 Å². The van der Waals surface area contributed by atoms with Gasteiger partial charge < -0.3 is 14.6 Å². The maximum absolute atomic E-state index is 11.9. The number of ether oxygens (including phenoxy) is 1. The average molecular weight is 322 g/mol. The van der Waals surface area contributed by atoms with Gasteiger partial charge in [0.05, 0.1) is 0 Å². The number of fused-ring (bicyclic) bond motifs is 3. The molecule has 4 heteroatoms.